The van der Waals surface area contributed by atoms with Gasteiger partial charge >= 0.3 is 0 Å². The molecule has 0 aliphatic rings. The first kappa shape index (κ1) is 10.3. The highest BCUT2D eigenvalue weighted by atomic mass is 32.1. The molecule has 1 N–H and O–H groups in total. The Kier molecular flexibility index (Phi) is 2.79. The standard InChI is InChI=1S/C11H10FNOS/c1-7(14)11-13-10(6-15-11)8-2-4-9(12)5-3-8/h2-7,14H,1H3. The van der Waals surface area contributed by atoms with E-state index < -0.39 is 6.10 Å². The summed E-state index contributed by atoms with van der Waals surface area (Å²) in [6, 6.07) is 6.15. The lowest BCUT2D eigenvalue weighted by atomic mass is 10.2. The molecule has 4 heteroatoms. The molecular formula is C11H10FNOS. The summed E-state index contributed by atoms with van der Waals surface area (Å²) in [5.74, 6) is -0.260. The van der Waals surface area contributed by atoms with Crippen LogP contribution in [0.1, 0.15) is 18.0 Å². The Bertz CT molecular complexity index is 450. The zero-order chi connectivity index (χ0) is 10.8. The fraction of sp³-hybridized carbons (Fsp3) is 0.182. The van der Waals surface area contributed by atoms with Gasteiger partial charge in [0, 0.05) is 10.9 Å². The van der Waals surface area contributed by atoms with Crippen molar-refractivity contribution in [1.29, 1.82) is 0 Å². The van der Waals surface area contributed by atoms with E-state index in [4.69, 9.17) is 0 Å². The molecule has 1 atom stereocenters. The van der Waals surface area contributed by atoms with Crippen LogP contribution in [0.5, 0.6) is 0 Å². The van der Waals surface area contributed by atoms with E-state index in [2.05, 4.69) is 4.98 Å². The van der Waals surface area contributed by atoms with E-state index >= 15 is 0 Å². The van der Waals surface area contributed by atoms with Gasteiger partial charge in [0.2, 0.25) is 0 Å². The van der Waals surface area contributed by atoms with Crippen LogP contribution in [-0.2, 0) is 0 Å². The second-order valence-corrected chi connectivity index (χ2v) is 4.14. The minimum atomic E-state index is -0.552. The number of aliphatic hydroxyl groups is 1. The van der Waals surface area contributed by atoms with Gasteiger partial charge < -0.3 is 5.11 Å². The third kappa shape index (κ3) is 2.22. The Morgan fingerprint density at radius 3 is 2.53 bits per heavy atom. The second-order valence-electron chi connectivity index (χ2n) is 3.25. The third-order valence-electron chi connectivity index (χ3n) is 2.02. The molecule has 78 valence electrons. The maximum absolute atomic E-state index is 12.7. The van der Waals surface area contributed by atoms with Crippen LogP contribution in [0, 0.1) is 5.82 Å². The van der Waals surface area contributed by atoms with Gasteiger partial charge in [-0.15, -0.1) is 11.3 Å². The van der Waals surface area contributed by atoms with Gasteiger partial charge in [-0.05, 0) is 31.2 Å². The van der Waals surface area contributed by atoms with Crippen LogP contribution in [0.2, 0.25) is 0 Å². The highest BCUT2D eigenvalue weighted by Gasteiger charge is 2.08. The second kappa shape index (κ2) is 4.08. The fourth-order valence-corrected chi connectivity index (χ4v) is 2.00. The lowest BCUT2D eigenvalue weighted by molar-refractivity contribution is 0.199. The summed E-state index contributed by atoms with van der Waals surface area (Å²) >= 11 is 1.40. The van der Waals surface area contributed by atoms with Gasteiger partial charge in [-0.1, -0.05) is 0 Å². The van der Waals surface area contributed by atoms with E-state index in [9.17, 15) is 9.50 Å². The molecule has 0 aliphatic carbocycles. The van der Waals surface area contributed by atoms with E-state index in [-0.39, 0.29) is 5.82 Å². The van der Waals surface area contributed by atoms with Crippen molar-refractivity contribution in [3.63, 3.8) is 0 Å². The predicted octanol–water partition coefficient (Wildman–Crippen LogP) is 3.00. The molecule has 1 heterocycles. The van der Waals surface area contributed by atoms with Crippen LogP contribution in [0.4, 0.5) is 4.39 Å². The first-order valence-corrected chi connectivity index (χ1v) is 5.44. The number of rotatable bonds is 2. The summed E-state index contributed by atoms with van der Waals surface area (Å²) in [5, 5.41) is 11.8. The van der Waals surface area contributed by atoms with Crippen molar-refractivity contribution in [3.05, 3.63) is 40.5 Å². The molecule has 0 bridgehead atoms. The molecule has 0 fully saturated rings. The van der Waals surface area contributed by atoms with E-state index in [1.165, 1.54) is 23.5 Å². The zero-order valence-corrected chi connectivity index (χ0v) is 8.96. The lowest BCUT2D eigenvalue weighted by Crippen LogP contribution is -1.89. The Labute approximate surface area is 91.0 Å². The maximum atomic E-state index is 12.7. The van der Waals surface area contributed by atoms with Gasteiger partial charge in [-0.25, -0.2) is 9.37 Å². The molecule has 0 saturated heterocycles. The number of hydrogen-bond acceptors (Lipinski definition) is 3. The van der Waals surface area contributed by atoms with Crippen molar-refractivity contribution < 1.29 is 9.50 Å². The summed E-state index contributed by atoms with van der Waals surface area (Å²) in [5.41, 5.74) is 1.63. The number of thiazole rings is 1. The predicted molar refractivity (Wildman–Crippen MR) is 58.1 cm³/mol. The number of halogens is 1. The summed E-state index contributed by atoms with van der Waals surface area (Å²) < 4.78 is 12.7. The molecule has 0 aliphatic heterocycles. The first-order valence-electron chi connectivity index (χ1n) is 4.56. The van der Waals surface area contributed by atoms with Crippen molar-refractivity contribution >= 4 is 11.3 Å². The van der Waals surface area contributed by atoms with Crippen molar-refractivity contribution in [2.24, 2.45) is 0 Å². The SMILES string of the molecule is CC(O)c1nc(-c2ccc(F)cc2)cs1. The van der Waals surface area contributed by atoms with Gasteiger partial charge in [0.15, 0.2) is 0 Å². The molecule has 2 rings (SSSR count). The van der Waals surface area contributed by atoms with Crippen molar-refractivity contribution in [2.45, 2.75) is 13.0 Å². The molecule has 0 radical (unpaired) electrons. The Morgan fingerprint density at radius 1 is 1.33 bits per heavy atom. The van der Waals surface area contributed by atoms with E-state index in [1.54, 1.807) is 19.1 Å². The molecule has 0 spiro atoms. The first-order chi connectivity index (χ1) is 7.16. The van der Waals surface area contributed by atoms with Crippen LogP contribution in [0.25, 0.3) is 11.3 Å². The molecule has 1 unspecified atom stereocenters. The van der Waals surface area contributed by atoms with Crippen LogP contribution in [0.3, 0.4) is 0 Å². The van der Waals surface area contributed by atoms with Crippen LogP contribution in [0.15, 0.2) is 29.6 Å². The molecule has 1 aromatic carbocycles. The third-order valence-corrected chi connectivity index (χ3v) is 3.03. The van der Waals surface area contributed by atoms with Gasteiger partial charge in [-0.2, -0.15) is 0 Å². The minimum Gasteiger partial charge on any atom is -0.386 e. The van der Waals surface area contributed by atoms with E-state index in [0.29, 0.717) is 5.01 Å². The van der Waals surface area contributed by atoms with Gasteiger partial charge in [0.05, 0.1) is 5.69 Å². The molecule has 2 aromatic rings. The average Bonchev–Trinajstić information content (AvgIpc) is 2.68. The number of hydrogen-bond donors (Lipinski definition) is 1. The molecular weight excluding hydrogens is 213 g/mol. The Balaban J connectivity index is 2.33. The monoisotopic (exact) mass is 223 g/mol. The van der Waals surface area contributed by atoms with Crippen molar-refractivity contribution in [3.8, 4) is 11.3 Å². The highest BCUT2D eigenvalue weighted by molar-refractivity contribution is 7.10. The minimum absolute atomic E-state index is 0.260. The number of aromatic nitrogens is 1. The molecule has 0 amide bonds. The van der Waals surface area contributed by atoms with Gasteiger partial charge in [-0.3, -0.25) is 0 Å². The van der Waals surface area contributed by atoms with Crippen molar-refractivity contribution in [2.75, 3.05) is 0 Å². The van der Waals surface area contributed by atoms with E-state index in [0.717, 1.165) is 11.3 Å². The molecule has 2 nitrogen and oxygen atoms in total. The van der Waals surface area contributed by atoms with Crippen LogP contribution >= 0.6 is 11.3 Å². The van der Waals surface area contributed by atoms with Crippen molar-refractivity contribution in [1.82, 2.24) is 4.98 Å². The molecule has 1 aromatic heterocycles. The average molecular weight is 223 g/mol. The summed E-state index contributed by atoms with van der Waals surface area (Å²) in [6.45, 7) is 1.67. The van der Waals surface area contributed by atoms with E-state index in [1.807, 2.05) is 5.38 Å². The van der Waals surface area contributed by atoms with Crippen LogP contribution < -0.4 is 0 Å². The fourth-order valence-electron chi connectivity index (χ4n) is 1.23. The normalized spacial score (nSPS) is 12.7. The van der Waals surface area contributed by atoms with Crippen LogP contribution in [-0.4, -0.2) is 10.1 Å². The summed E-state index contributed by atoms with van der Waals surface area (Å²) in [4.78, 5) is 4.26. The molecule has 15 heavy (non-hydrogen) atoms. The quantitative estimate of drug-likeness (QED) is 0.849. The zero-order valence-electron chi connectivity index (χ0n) is 8.14. The molecule has 0 saturated carbocycles. The topological polar surface area (TPSA) is 33.1 Å². The Hall–Kier alpha value is -1.26. The van der Waals surface area contributed by atoms with Gasteiger partial charge in [0.25, 0.3) is 0 Å². The number of benzene rings is 1. The summed E-state index contributed by atoms with van der Waals surface area (Å²) in [6.07, 6.45) is -0.552. The number of nitrogens with zero attached hydrogens (tertiary/aromatic N) is 1. The maximum Gasteiger partial charge on any atom is 0.123 e. The highest BCUT2D eigenvalue weighted by Crippen LogP contribution is 2.25. The smallest absolute Gasteiger partial charge is 0.123 e. The summed E-state index contributed by atoms with van der Waals surface area (Å²) in [7, 11) is 0. The lowest BCUT2D eigenvalue weighted by Gasteiger charge is -1.97. The Morgan fingerprint density at radius 2 is 2.00 bits per heavy atom. The number of aliphatic hydroxyl groups excluding tert-OH is 1. The van der Waals surface area contributed by atoms with Gasteiger partial charge in [0.1, 0.15) is 16.9 Å². The largest absolute Gasteiger partial charge is 0.386 e.